The predicted octanol–water partition coefficient (Wildman–Crippen LogP) is 6.84. The van der Waals surface area contributed by atoms with Crippen molar-refractivity contribution in [2.24, 2.45) is 0 Å². The highest BCUT2D eigenvalue weighted by Gasteiger charge is 2.31. The van der Waals surface area contributed by atoms with E-state index in [1.54, 1.807) is 41.7 Å². The number of fused-ring (bicyclic) bond motifs is 2. The molecule has 2 aliphatic carbocycles. The van der Waals surface area contributed by atoms with Gasteiger partial charge in [-0.2, -0.15) is 4.98 Å². The lowest BCUT2D eigenvalue weighted by atomic mass is 9.87. The Bertz CT molecular complexity index is 2100. The van der Waals surface area contributed by atoms with Crippen LogP contribution in [0.15, 0.2) is 75.4 Å². The number of benzene rings is 2. The van der Waals surface area contributed by atoms with Gasteiger partial charge in [0.05, 0.1) is 15.8 Å². The Morgan fingerprint density at radius 3 is 2.16 bits per heavy atom. The summed E-state index contributed by atoms with van der Waals surface area (Å²) < 4.78 is 7.03. The maximum atomic E-state index is 11.3. The molecule has 16 heteroatoms. The van der Waals surface area contributed by atoms with Crippen molar-refractivity contribution in [3.63, 3.8) is 0 Å². The molecule has 2 fully saturated rings. The number of carboxylic acids is 1. The van der Waals surface area contributed by atoms with Crippen LogP contribution in [0, 0.1) is 0 Å². The fraction of sp³-hybridized carbons (Fsp3) is 0.303. The van der Waals surface area contributed by atoms with E-state index in [0.29, 0.717) is 29.7 Å². The highest BCUT2D eigenvalue weighted by atomic mass is 32.2. The monoisotopic (exact) mass is 712 g/mol. The van der Waals surface area contributed by atoms with Crippen molar-refractivity contribution in [2.45, 2.75) is 65.4 Å². The van der Waals surface area contributed by atoms with E-state index in [-0.39, 0.29) is 23.7 Å². The van der Waals surface area contributed by atoms with Gasteiger partial charge in [-0.25, -0.2) is 29.7 Å². The number of nitrogens with zero attached hydrogens (tertiary/aromatic N) is 6. The van der Waals surface area contributed by atoms with E-state index in [1.807, 2.05) is 43.2 Å². The maximum Gasteiger partial charge on any atom is 0.335 e. The number of rotatable bonds is 13. The van der Waals surface area contributed by atoms with Crippen LogP contribution in [0.1, 0.15) is 41.6 Å². The molecular formula is C33H32N10O3S3. The number of carbonyl (C=O) groups is 1. The van der Waals surface area contributed by atoms with E-state index in [0.717, 1.165) is 67.5 Å². The Morgan fingerprint density at radius 1 is 0.837 bits per heavy atom. The molecule has 2 aliphatic rings. The second kappa shape index (κ2) is 13.7. The minimum atomic E-state index is -0.935. The fourth-order valence-electron chi connectivity index (χ4n) is 5.84. The topological polar surface area (TPSA) is 176 Å². The lowest BCUT2D eigenvalue weighted by Gasteiger charge is -2.36. The number of aromatic nitrogens is 6. The molecule has 0 unspecified atom stereocenters. The van der Waals surface area contributed by atoms with Gasteiger partial charge in [0.2, 0.25) is 11.9 Å². The summed E-state index contributed by atoms with van der Waals surface area (Å²) in [6.07, 6.45) is 13.1. The third kappa shape index (κ3) is 7.21. The minimum Gasteiger partial charge on any atom is -0.478 e. The molecule has 0 radical (unpaired) electrons. The Hall–Kier alpha value is -4.67. The standard InChI is InChI=1S/C33H32N10O3S3/c1-47-23-12-34-30(35-13-23)38-19-8-21(9-19)40-32-42-26-4-2-3-18(28(26)46-32)16-48-24-14-36-31(37-15-24)39-20-10-22(11-20)41-33-43-25-6-5-17(29(44)45)7-27(25)49-33/h2-7,12-15,19-22H,8-11,16H2,1H3,(H,40,42)(H,41,43)(H,44,45)(H,34,35,38)(H,36,37,39). The molecule has 250 valence electrons. The molecule has 0 saturated heterocycles. The molecular weight excluding hydrogens is 681 g/mol. The van der Waals surface area contributed by atoms with Crippen molar-refractivity contribution in [2.75, 3.05) is 27.5 Å². The second-order valence-electron chi connectivity index (χ2n) is 12.1. The van der Waals surface area contributed by atoms with Crippen LogP contribution in [0.5, 0.6) is 0 Å². The first-order valence-electron chi connectivity index (χ1n) is 15.8. The molecule has 0 aliphatic heterocycles. The number of para-hydroxylation sites is 1. The third-order valence-corrected chi connectivity index (χ3v) is 11.2. The zero-order valence-electron chi connectivity index (χ0n) is 26.3. The van der Waals surface area contributed by atoms with Gasteiger partial charge in [0.1, 0.15) is 5.52 Å². The molecule has 13 nitrogen and oxygen atoms in total. The summed E-state index contributed by atoms with van der Waals surface area (Å²) in [6.45, 7) is 0. The van der Waals surface area contributed by atoms with Gasteiger partial charge in [-0.3, -0.25) is 0 Å². The Labute approximate surface area is 293 Å². The predicted molar refractivity (Wildman–Crippen MR) is 194 cm³/mol. The lowest BCUT2D eigenvalue weighted by molar-refractivity contribution is 0.0697. The number of hydrogen-bond donors (Lipinski definition) is 5. The summed E-state index contributed by atoms with van der Waals surface area (Å²) in [4.78, 5) is 40.4. The van der Waals surface area contributed by atoms with Crippen LogP contribution in [0.2, 0.25) is 0 Å². The van der Waals surface area contributed by atoms with Crippen LogP contribution >= 0.6 is 34.9 Å². The minimum absolute atomic E-state index is 0.268. The van der Waals surface area contributed by atoms with Crippen LogP contribution in [0.3, 0.4) is 0 Å². The Kier molecular flexibility index (Phi) is 8.82. The fourth-order valence-corrected chi connectivity index (χ4v) is 7.95. The van der Waals surface area contributed by atoms with E-state index in [9.17, 15) is 9.90 Å². The molecule has 2 aromatic carbocycles. The largest absolute Gasteiger partial charge is 0.478 e. The number of aromatic carboxylic acids is 1. The average molecular weight is 713 g/mol. The summed E-state index contributed by atoms with van der Waals surface area (Å²) in [7, 11) is 0. The van der Waals surface area contributed by atoms with Crippen molar-refractivity contribution < 1.29 is 14.3 Å². The summed E-state index contributed by atoms with van der Waals surface area (Å²) in [5.74, 6) is 1.03. The van der Waals surface area contributed by atoms with Crippen molar-refractivity contribution >= 4 is 85.2 Å². The molecule has 0 bridgehead atoms. The third-order valence-electron chi connectivity index (χ3n) is 8.62. The summed E-state index contributed by atoms with van der Waals surface area (Å²) in [5, 5.41) is 23.7. The normalized spacial score (nSPS) is 20.0. The first-order chi connectivity index (χ1) is 23.9. The number of thiazole rings is 1. The van der Waals surface area contributed by atoms with Gasteiger partial charge in [-0.15, -0.1) is 23.5 Å². The number of anilines is 4. The molecule has 8 rings (SSSR count). The Morgan fingerprint density at radius 2 is 1.49 bits per heavy atom. The molecule has 49 heavy (non-hydrogen) atoms. The lowest BCUT2D eigenvalue weighted by Crippen LogP contribution is -2.44. The zero-order valence-corrected chi connectivity index (χ0v) is 28.7. The highest BCUT2D eigenvalue weighted by Crippen LogP contribution is 2.33. The van der Waals surface area contributed by atoms with Gasteiger partial charge in [0, 0.05) is 70.1 Å². The van der Waals surface area contributed by atoms with E-state index in [1.165, 1.54) is 11.3 Å². The zero-order chi connectivity index (χ0) is 33.3. The van der Waals surface area contributed by atoms with Gasteiger partial charge in [-0.1, -0.05) is 23.5 Å². The van der Waals surface area contributed by atoms with Gasteiger partial charge in [0.25, 0.3) is 6.01 Å². The SMILES string of the molecule is CSc1cnc(NC2CC(Nc3nc4cccc(CSc5cnc(NC6CC(Nc7nc8ccc(C(=O)O)cc8s7)C6)nc5)c4o3)C2)nc1. The Balaban J connectivity index is 0.790. The van der Waals surface area contributed by atoms with Crippen LogP contribution in [-0.4, -0.2) is 71.4 Å². The van der Waals surface area contributed by atoms with Gasteiger partial charge >= 0.3 is 5.97 Å². The summed E-state index contributed by atoms with van der Waals surface area (Å²) in [6, 6.07) is 12.7. The first kappa shape index (κ1) is 31.6. The van der Waals surface area contributed by atoms with Crippen LogP contribution < -0.4 is 21.3 Å². The number of thioether (sulfide) groups is 2. The molecule has 4 aromatic heterocycles. The highest BCUT2D eigenvalue weighted by molar-refractivity contribution is 7.98. The number of oxazole rings is 1. The van der Waals surface area contributed by atoms with Crippen molar-refractivity contribution in [1.82, 2.24) is 29.9 Å². The quantitative estimate of drug-likeness (QED) is 0.0786. The number of nitrogens with one attached hydrogen (secondary N) is 4. The van der Waals surface area contributed by atoms with Crippen molar-refractivity contribution in [1.29, 1.82) is 0 Å². The summed E-state index contributed by atoms with van der Waals surface area (Å²) in [5.41, 5.74) is 3.75. The van der Waals surface area contributed by atoms with Gasteiger partial charge in [-0.05, 0) is 56.2 Å². The molecule has 0 amide bonds. The van der Waals surface area contributed by atoms with Crippen molar-refractivity contribution in [3.8, 4) is 0 Å². The first-order valence-corrected chi connectivity index (χ1v) is 18.9. The molecule has 0 atom stereocenters. The van der Waals surface area contributed by atoms with Gasteiger partial charge in [0.15, 0.2) is 10.7 Å². The van der Waals surface area contributed by atoms with E-state index in [4.69, 9.17) is 4.42 Å². The summed E-state index contributed by atoms with van der Waals surface area (Å²) >= 11 is 4.75. The smallest absolute Gasteiger partial charge is 0.335 e. The van der Waals surface area contributed by atoms with Crippen LogP contribution in [0.25, 0.3) is 21.3 Å². The molecule has 4 heterocycles. The van der Waals surface area contributed by atoms with Gasteiger partial charge < -0.3 is 30.8 Å². The average Bonchev–Trinajstić information content (AvgIpc) is 3.69. The number of hydrogen-bond acceptors (Lipinski definition) is 15. The van der Waals surface area contributed by atoms with E-state index < -0.39 is 5.97 Å². The van der Waals surface area contributed by atoms with Crippen molar-refractivity contribution in [3.05, 3.63) is 72.3 Å². The van der Waals surface area contributed by atoms with E-state index >= 15 is 0 Å². The number of carboxylic acid groups (broad SMARTS) is 1. The maximum absolute atomic E-state index is 11.3. The van der Waals surface area contributed by atoms with Crippen LogP contribution in [-0.2, 0) is 5.75 Å². The molecule has 5 N–H and O–H groups in total. The molecule has 6 aromatic rings. The molecule has 2 saturated carbocycles. The van der Waals surface area contributed by atoms with Crippen LogP contribution in [0.4, 0.5) is 23.0 Å². The molecule has 0 spiro atoms. The van der Waals surface area contributed by atoms with E-state index in [2.05, 4.69) is 57.2 Å². The second-order valence-corrected chi connectivity index (χ2v) is 15.0.